The Kier molecular flexibility index (Phi) is 3.89. The Morgan fingerprint density at radius 1 is 0.708 bits per heavy atom. The Labute approximate surface area is 152 Å². The van der Waals surface area contributed by atoms with Crippen LogP contribution in [0.15, 0.2) is 30.3 Å². The number of fused-ring (bicyclic) bond motifs is 4. The molecule has 4 aliphatic rings. The third kappa shape index (κ3) is 2.37. The average Bonchev–Trinajstić information content (AvgIpc) is 3.32. The normalized spacial score (nSPS) is 46.8. The van der Waals surface area contributed by atoms with E-state index >= 15 is 0 Å². The van der Waals surface area contributed by atoms with E-state index in [-0.39, 0.29) is 0 Å². The Balaban J connectivity index is 1.54. The molecule has 4 saturated carbocycles. The maximum absolute atomic E-state index is 2.75. The standard InChI is InChI=1S/C20H25.3CH3.Sn/c1-2-4-14(5-3-1)19-16-8-9-17(12-16)20(19)18-11-13-6-7-15(18)10-13;;;;/h1-5,11,13,15-20H,6-10,12H2;3*1H3;/t13-,15+,16-,17+,18+,19+,20+;;;;/m0..../s1. The summed E-state index contributed by atoms with van der Waals surface area (Å²) in [5, 5.41) is 0. The van der Waals surface area contributed by atoms with Crippen LogP contribution in [-0.4, -0.2) is 18.4 Å². The molecule has 0 amide bonds. The second kappa shape index (κ2) is 5.76. The molecule has 0 aliphatic heterocycles. The molecule has 4 aliphatic carbocycles. The summed E-state index contributed by atoms with van der Waals surface area (Å²) in [6, 6.07) is 11.7. The van der Waals surface area contributed by atoms with Gasteiger partial charge in [0.15, 0.2) is 0 Å². The third-order valence-electron chi connectivity index (χ3n) is 8.59. The van der Waals surface area contributed by atoms with E-state index in [0.717, 1.165) is 41.4 Å². The second-order valence-electron chi connectivity index (χ2n) is 10.6. The van der Waals surface area contributed by atoms with Crippen LogP contribution in [0, 0.1) is 35.5 Å². The molecule has 0 N–H and O–H groups in total. The number of benzene rings is 1. The van der Waals surface area contributed by atoms with E-state index in [2.05, 4.69) is 45.2 Å². The van der Waals surface area contributed by atoms with Crippen LogP contribution in [0.5, 0.6) is 0 Å². The van der Waals surface area contributed by atoms with Crippen molar-refractivity contribution in [1.29, 1.82) is 0 Å². The van der Waals surface area contributed by atoms with Crippen molar-refractivity contribution in [3.8, 4) is 0 Å². The van der Waals surface area contributed by atoms with Crippen molar-refractivity contribution in [2.75, 3.05) is 0 Å². The summed E-state index contributed by atoms with van der Waals surface area (Å²) in [6.07, 6.45) is 9.40. The molecule has 24 heavy (non-hydrogen) atoms. The summed E-state index contributed by atoms with van der Waals surface area (Å²) >= 11 is -1.87. The Morgan fingerprint density at radius 2 is 1.29 bits per heavy atom. The molecule has 0 nitrogen and oxygen atoms in total. The number of hydrogen-bond acceptors (Lipinski definition) is 0. The molecule has 0 spiro atoms. The van der Waals surface area contributed by atoms with E-state index in [9.17, 15) is 0 Å². The van der Waals surface area contributed by atoms with Gasteiger partial charge in [0.1, 0.15) is 0 Å². The minimum atomic E-state index is -1.87. The van der Waals surface area contributed by atoms with Gasteiger partial charge in [0.05, 0.1) is 0 Å². The number of rotatable bonds is 3. The summed E-state index contributed by atoms with van der Waals surface area (Å²) in [4.78, 5) is 8.24. The van der Waals surface area contributed by atoms with Gasteiger partial charge < -0.3 is 0 Å². The van der Waals surface area contributed by atoms with Gasteiger partial charge in [0.2, 0.25) is 0 Å². The van der Waals surface area contributed by atoms with Gasteiger partial charge in [0.25, 0.3) is 0 Å². The molecule has 5 rings (SSSR count). The van der Waals surface area contributed by atoms with Gasteiger partial charge in [-0.2, -0.15) is 0 Å². The van der Waals surface area contributed by atoms with Gasteiger partial charge in [-0.15, -0.1) is 0 Å². The molecule has 0 saturated heterocycles. The average molecular weight is 429 g/mol. The summed E-state index contributed by atoms with van der Waals surface area (Å²) in [5.74, 6) is 7.38. The summed E-state index contributed by atoms with van der Waals surface area (Å²) in [5.41, 5.74) is 1.69. The molecule has 1 aromatic rings. The van der Waals surface area contributed by atoms with Crippen LogP contribution in [0.25, 0.3) is 0 Å². The fourth-order valence-corrected chi connectivity index (χ4v) is 17.8. The first-order valence-electron chi connectivity index (χ1n) is 10.6. The van der Waals surface area contributed by atoms with Crippen LogP contribution in [0.2, 0.25) is 18.8 Å². The zero-order valence-corrected chi connectivity index (χ0v) is 18.6. The van der Waals surface area contributed by atoms with Crippen LogP contribution < -0.4 is 0 Å². The summed E-state index contributed by atoms with van der Waals surface area (Å²) in [6.45, 7) is 0. The van der Waals surface area contributed by atoms with E-state index in [4.69, 9.17) is 0 Å². The van der Waals surface area contributed by atoms with Gasteiger partial charge in [-0.3, -0.25) is 0 Å². The molecule has 4 fully saturated rings. The molecular weight excluding hydrogens is 395 g/mol. The Morgan fingerprint density at radius 3 is 2.00 bits per heavy atom. The SMILES string of the molecule is [CH3][Sn]([CH3])([CH3])[C@@H]1[C@H]2CC[C@H](C2)[C@@H]1[C@H]1[C@@H]2CC[C@@H](C2)[C@H]1c1ccccc1. The topological polar surface area (TPSA) is 0 Å². The van der Waals surface area contributed by atoms with Gasteiger partial charge in [-0.25, -0.2) is 0 Å². The van der Waals surface area contributed by atoms with Gasteiger partial charge in [0, 0.05) is 0 Å². The molecule has 0 unspecified atom stereocenters. The molecule has 4 bridgehead atoms. The molecular formula is C23H34Sn. The van der Waals surface area contributed by atoms with Gasteiger partial charge in [-0.1, -0.05) is 0 Å². The predicted molar refractivity (Wildman–Crippen MR) is 105 cm³/mol. The van der Waals surface area contributed by atoms with E-state index in [1.807, 2.05) is 0 Å². The van der Waals surface area contributed by atoms with E-state index in [1.54, 1.807) is 37.7 Å². The minimum absolute atomic E-state index is 0.908. The number of hydrogen-bond donors (Lipinski definition) is 0. The van der Waals surface area contributed by atoms with Crippen molar-refractivity contribution in [2.45, 2.75) is 63.2 Å². The molecule has 1 aromatic carbocycles. The molecule has 0 heterocycles. The summed E-state index contributed by atoms with van der Waals surface area (Å²) in [7, 11) is 0. The van der Waals surface area contributed by atoms with E-state index < -0.39 is 18.4 Å². The Hall–Kier alpha value is 0.0187. The quantitative estimate of drug-likeness (QED) is 0.477. The third-order valence-corrected chi connectivity index (χ3v) is 16.7. The van der Waals surface area contributed by atoms with Crippen LogP contribution in [-0.2, 0) is 0 Å². The summed E-state index contributed by atoms with van der Waals surface area (Å²) < 4.78 is 1.19. The first kappa shape index (κ1) is 16.2. The fraction of sp³-hybridized carbons (Fsp3) is 0.739. The monoisotopic (exact) mass is 430 g/mol. The van der Waals surface area contributed by atoms with Crippen molar-refractivity contribution >= 4 is 18.4 Å². The van der Waals surface area contributed by atoms with Crippen molar-refractivity contribution in [3.63, 3.8) is 0 Å². The maximum atomic E-state index is 2.75. The van der Waals surface area contributed by atoms with Crippen LogP contribution in [0.1, 0.15) is 50.0 Å². The van der Waals surface area contributed by atoms with E-state index in [0.29, 0.717) is 0 Å². The van der Waals surface area contributed by atoms with Crippen molar-refractivity contribution in [1.82, 2.24) is 0 Å². The molecule has 8 atom stereocenters. The van der Waals surface area contributed by atoms with Gasteiger partial charge in [-0.05, 0) is 0 Å². The fourth-order valence-electron chi connectivity index (χ4n) is 8.23. The van der Waals surface area contributed by atoms with Crippen molar-refractivity contribution in [3.05, 3.63) is 35.9 Å². The zero-order chi connectivity index (χ0) is 16.5. The first-order valence-corrected chi connectivity index (χ1v) is 20.8. The van der Waals surface area contributed by atoms with E-state index in [1.165, 1.54) is 10.4 Å². The van der Waals surface area contributed by atoms with Crippen molar-refractivity contribution in [2.24, 2.45) is 35.5 Å². The van der Waals surface area contributed by atoms with Gasteiger partial charge >= 0.3 is 153 Å². The Bertz CT molecular complexity index is 600. The predicted octanol–water partition coefficient (Wildman–Crippen LogP) is 6.57. The second-order valence-corrected chi connectivity index (χ2v) is 26.1. The molecule has 130 valence electrons. The van der Waals surface area contributed by atoms with Crippen LogP contribution >= 0.6 is 0 Å². The zero-order valence-electron chi connectivity index (χ0n) is 15.7. The molecule has 0 aromatic heterocycles. The van der Waals surface area contributed by atoms with Crippen LogP contribution in [0.4, 0.5) is 0 Å². The van der Waals surface area contributed by atoms with Crippen LogP contribution in [0.3, 0.4) is 0 Å². The molecule has 1 heteroatoms. The first-order chi connectivity index (χ1) is 11.5. The molecule has 0 radical (unpaired) electrons. The van der Waals surface area contributed by atoms with Crippen molar-refractivity contribution < 1.29 is 0 Å².